The molecule has 0 unspecified atom stereocenters. The van der Waals surface area contributed by atoms with E-state index in [4.69, 9.17) is 4.74 Å². The van der Waals surface area contributed by atoms with Crippen molar-refractivity contribution in [3.63, 3.8) is 0 Å². The molecule has 2 aliphatic heterocycles. The van der Waals surface area contributed by atoms with Crippen molar-refractivity contribution in [2.45, 2.75) is 25.6 Å². The molecule has 2 fully saturated rings. The Morgan fingerprint density at radius 3 is 2.58 bits per heavy atom. The van der Waals surface area contributed by atoms with Crippen LogP contribution in [-0.4, -0.2) is 74.0 Å². The van der Waals surface area contributed by atoms with Crippen molar-refractivity contribution in [2.24, 2.45) is 0 Å². The van der Waals surface area contributed by atoms with Crippen LogP contribution < -0.4 is 0 Å². The molecule has 24 heavy (non-hydrogen) atoms. The lowest BCUT2D eigenvalue weighted by Gasteiger charge is -2.44. The highest BCUT2D eigenvalue weighted by atomic mass is 32.2. The van der Waals surface area contributed by atoms with E-state index in [9.17, 15) is 13.2 Å². The van der Waals surface area contributed by atoms with Gasteiger partial charge in [-0.2, -0.15) is 0 Å². The predicted octanol–water partition coefficient (Wildman–Crippen LogP) is 0.533. The maximum Gasteiger partial charge on any atom is 0.248 e. The number of benzene rings is 1. The van der Waals surface area contributed by atoms with E-state index in [1.807, 2.05) is 37.3 Å². The van der Waals surface area contributed by atoms with Crippen LogP contribution in [0.25, 0.3) is 0 Å². The highest BCUT2D eigenvalue weighted by Crippen LogP contribution is 2.28. The molecule has 1 aromatic carbocycles. The fraction of sp³-hybridized carbons (Fsp3) is 0.588. The Balaban J connectivity index is 1.76. The Bertz CT molecular complexity index is 677. The zero-order chi connectivity index (χ0) is 17.2. The van der Waals surface area contributed by atoms with Crippen LogP contribution in [0.15, 0.2) is 30.3 Å². The number of nitrogens with zero attached hydrogens (tertiary/aromatic N) is 2. The fourth-order valence-corrected chi connectivity index (χ4v) is 5.63. The summed E-state index contributed by atoms with van der Waals surface area (Å²) in [5.41, 5.74) is 1.16. The Morgan fingerprint density at radius 2 is 1.88 bits per heavy atom. The van der Waals surface area contributed by atoms with Crippen molar-refractivity contribution in [2.75, 3.05) is 37.8 Å². The van der Waals surface area contributed by atoms with Gasteiger partial charge in [-0.25, -0.2) is 8.42 Å². The highest BCUT2D eigenvalue weighted by molar-refractivity contribution is 7.91. The van der Waals surface area contributed by atoms with E-state index in [1.54, 1.807) is 4.90 Å². The smallest absolute Gasteiger partial charge is 0.248 e. The van der Waals surface area contributed by atoms with E-state index < -0.39 is 9.84 Å². The van der Waals surface area contributed by atoms with Gasteiger partial charge in [-0.3, -0.25) is 9.69 Å². The Labute approximate surface area is 143 Å². The Hall–Kier alpha value is -1.44. The summed E-state index contributed by atoms with van der Waals surface area (Å²) in [5.74, 6) is 0.0762. The number of rotatable bonds is 5. The maximum atomic E-state index is 12.4. The maximum absolute atomic E-state index is 12.4. The molecule has 0 aliphatic carbocycles. The van der Waals surface area contributed by atoms with Gasteiger partial charge < -0.3 is 9.64 Å². The third-order valence-electron chi connectivity index (χ3n) is 4.77. The average molecular weight is 352 g/mol. The summed E-state index contributed by atoms with van der Waals surface area (Å²) in [4.78, 5) is 16.3. The molecule has 0 saturated carbocycles. The van der Waals surface area contributed by atoms with Gasteiger partial charge in [0.15, 0.2) is 9.84 Å². The first-order valence-corrected chi connectivity index (χ1v) is 10.2. The van der Waals surface area contributed by atoms with E-state index in [2.05, 4.69) is 4.90 Å². The molecular weight excluding hydrogens is 328 g/mol. The number of hydrogen-bond acceptors (Lipinski definition) is 5. The molecule has 7 heteroatoms. The minimum absolute atomic E-state index is 0.0262. The molecule has 0 bridgehead atoms. The van der Waals surface area contributed by atoms with Crippen LogP contribution in [0.3, 0.4) is 0 Å². The number of ether oxygens (including phenoxy) is 1. The van der Waals surface area contributed by atoms with Crippen molar-refractivity contribution in [1.82, 2.24) is 9.80 Å². The quantitative estimate of drug-likeness (QED) is 0.773. The van der Waals surface area contributed by atoms with Gasteiger partial charge >= 0.3 is 0 Å². The van der Waals surface area contributed by atoms with E-state index >= 15 is 0 Å². The summed E-state index contributed by atoms with van der Waals surface area (Å²) in [6.07, 6.45) is 0. The first-order chi connectivity index (χ1) is 11.5. The van der Waals surface area contributed by atoms with Gasteiger partial charge in [0.05, 0.1) is 17.5 Å². The topological polar surface area (TPSA) is 66.9 Å². The van der Waals surface area contributed by atoms with Crippen LogP contribution in [0.2, 0.25) is 0 Å². The van der Waals surface area contributed by atoms with Crippen LogP contribution >= 0.6 is 0 Å². The number of carbonyl (C=O) groups is 1. The molecule has 2 saturated heterocycles. The predicted molar refractivity (Wildman–Crippen MR) is 91.3 cm³/mol. The van der Waals surface area contributed by atoms with E-state index in [1.165, 1.54) is 0 Å². The van der Waals surface area contributed by atoms with Crippen LogP contribution in [0, 0.1) is 0 Å². The third-order valence-corrected chi connectivity index (χ3v) is 6.47. The van der Waals surface area contributed by atoms with E-state index in [0.717, 1.165) is 5.56 Å². The van der Waals surface area contributed by atoms with Gasteiger partial charge in [-0.05, 0) is 12.5 Å². The number of carbonyl (C=O) groups excluding carboxylic acids is 1. The van der Waals surface area contributed by atoms with Gasteiger partial charge in [0.1, 0.15) is 6.61 Å². The van der Waals surface area contributed by atoms with Crippen molar-refractivity contribution in [3.05, 3.63) is 35.9 Å². The van der Waals surface area contributed by atoms with Gasteiger partial charge in [0.2, 0.25) is 5.91 Å². The molecule has 0 N–H and O–H groups in total. The Kier molecular flexibility index (Phi) is 5.22. The standard InChI is InChI=1S/C17H24N2O4S/c1-2-23-11-17(20)19-9-8-18(10-14-6-4-3-5-7-14)15-12-24(21,22)13-16(15)19/h3-7,15-16H,2,8-13H2,1H3/t15-,16+/m1/s1. The molecule has 2 atom stereocenters. The number of sulfone groups is 1. The second-order valence-electron chi connectivity index (χ2n) is 6.39. The zero-order valence-corrected chi connectivity index (χ0v) is 14.7. The number of fused-ring (bicyclic) bond motifs is 1. The minimum Gasteiger partial charge on any atom is -0.372 e. The second-order valence-corrected chi connectivity index (χ2v) is 8.55. The average Bonchev–Trinajstić information content (AvgIpc) is 2.89. The first kappa shape index (κ1) is 17.4. The first-order valence-electron chi connectivity index (χ1n) is 8.36. The summed E-state index contributed by atoms with van der Waals surface area (Å²) < 4.78 is 29.6. The molecule has 3 rings (SSSR count). The molecule has 0 spiro atoms. The molecule has 1 amide bonds. The molecule has 132 valence electrons. The van der Waals surface area contributed by atoms with E-state index in [0.29, 0.717) is 26.2 Å². The monoisotopic (exact) mass is 352 g/mol. The molecule has 1 aromatic rings. The second kappa shape index (κ2) is 7.21. The van der Waals surface area contributed by atoms with Crippen molar-refractivity contribution >= 4 is 15.7 Å². The Morgan fingerprint density at radius 1 is 1.17 bits per heavy atom. The molecule has 0 radical (unpaired) electrons. The lowest BCUT2D eigenvalue weighted by Crippen LogP contribution is -2.60. The van der Waals surface area contributed by atoms with Gasteiger partial charge in [-0.15, -0.1) is 0 Å². The van der Waals surface area contributed by atoms with Crippen molar-refractivity contribution in [3.8, 4) is 0 Å². The van der Waals surface area contributed by atoms with E-state index in [-0.39, 0.29) is 36.1 Å². The number of amides is 1. The van der Waals surface area contributed by atoms with Crippen LogP contribution in [0.1, 0.15) is 12.5 Å². The highest BCUT2D eigenvalue weighted by Gasteiger charge is 2.47. The summed E-state index contributed by atoms with van der Waals surface area (Å²) in [6, 6.07) is 9.64. The number of hydrogen-bond donors (Lipinski definition) is 0. The van der Waals surface area contributed by atoms with Crippen molar-refractivity contribution in [1.29, 1.82) is 0 Å². The summed E-state index contributed by atoms with van der Waals surface area (Å²) in [6.45, 7) is 4.29. The molecule has 0 aromatic heterocycles. The van der Waals surface area contributed by atoms with Crippen molar-refractivity contribution < 1.29 is 17.9 Å². The van der Waals surface area contributed by atoms with Crippen LogP contribution in [-0.2, 0) is 25.9 Å². The fourth-order valence-electron chi connectivity index (χ4n) is 3.62. The van der Waals surface area contributed by atoms with Gasteiger partial charge in [0, 0.05) is 32.3 Å². The van der Waals surface area contributed by atoms with Gasteiger partial charge in [-0.1, -0.05) is 30.3 Å². The van der Waals surface area contributed by atoms with Gasteiger partial charge in [0.25, 0.3) is 0 Å². The molecule has 6 nitrogen and oxygen atoms in total. The largest absolute Gasteiger partial charge is 0.372 e. The lowest BCUT2D eigenvalue weighted by atomic mass is 10.0. The summed E-state index contributed by atoms with van der Waals surface area (Å²) in [7, 11) is -3.12. The van der Waals surface area contributed by atoms with Crippen LogP contribution in [0.4, 0.5) is 0 Å². The third kappa shape index (κ3) is 3.79. The summed E-state index contributed by atoms with van der Waals surface area (Å²) >= 11 is 0. The molecule has 2 heterocycles. The lowest BCUT2D eigenvalue weighted by molar-refractivity contribution is -0.141. The van der Waals surface area contributed by atoms with Crippen LogP contribution in [0.5, 0.6) is 0 Å². The zero-order valence-electron chi connectivity index (χ0n) is 13.9. The molecular formula is C17H24N2O4S. The SMILES string of the molecule is CCOCC(=O)N1CCN(Cc2ccccc2)[C@@H]2CS(=O)(=O)C[C@@H]21. The molecule has 2 aliphatic rings. The minimum atomic E-state index is -3.12. The summed E-state index contributed by atoms with van der Waals surface area (Å²) in [5, 5.41) is 0. The number of piperazine rings is 1. The normalized spacial score (nSPS) is 26.3.